The van der Waals surface area contributed by atoms with Gasteiger partial charge in [0.15, 0.2) is 46.9 Å². The van der Waals surface area contributed by atoms with Crippen LogP contribution in [0, 0.1) is 35.5 Å². The van der Waals surface area contributed by atoms with Crippen LogP contribution < -0.4 is 45.7 Å². The minimum atomic E-state index is -4.59. The number of aromatic nitrogens is 3. The van der Waals surface area contributed by atoms with Crippen LogP contribution in [0.2, 0.25) is 0 Å². The molecule has 141 heavy (non-hydrogen) atoms. The number of benzene rings is 6. The molecule has 3 aliphatic heterocycles. The van der Waals surface area contributed by atoms with Crippen LogP contribution in [0.4, 0.5) is 90.7 Å². The van der Waals surface area contributed by atoms with Crippen molar-refractivity contribution >= 4 is 119 Å². The third-order valence-electron chi connectivity index (χ3n) is 23.4. The van der Waals surface area contributed by atoms with Crippen molar-refractivity contribution in [2.24, 2.45) is 5.73 Å². The summed E-state index contributed by atoms with van der Waals surface area (Å²) in [6.45, 7) is 8.42. The number of methoxy groups -OCH3 is 3. The van der Waals surface area contributed by atoms with Crippen LogP contribution in [-0.2, 0) is 87.0 Å². The van der Waals surface area contributed by atoms with Gasteiger partial charge in [0.2, 0.25) is 0 Å². The van der Waals surface area contributed by atoms with Crippen molar-refractivity contribution in [3.8, 4) is 52.8 Å². The van der Waals surface area contributed by atoms with Crippen LogP contribution in [0.3, 0.4) is 0 Å². The van der Waals surface area contributed by atoms with Gasteiger partial charge >= 0.3 is 30.7 Å². The maximum atomic E-state index is 15.3. The number of amides is 2. The van der Waals surface area contributed by atoms with Gasteiger partial charge in [-0.05, 0) is 170 Å². The highest BCUT2D eigenvalue weighted by Crippen LogP contribution is 2.45. The van der Waals surface area contributed by atoms with E-state index in [0.29, 0.717) is 127 Å². The fraction of sp³-hybridized carbons (Fsp3) is 0.485. The van der Waals surface area contributed by atoms with E-state index in [1.54, 1.807) is 96.1 Å². The van der Waals surface area contributed by atoms with E-state index in [-0.39, 0.29) is 104 Å². The van der Waals surface area contributed by atoms with Crippen LogP contribution in [0.15, 0.2) is 147 Å². The third-order valence-corrected chi connectivity index (χ3v) is 27.4. The fourth-order valence-corrected chi connectivity index (χ4v) is 19.2. The Morgan fingerprint density at radius 3 is 1.13 bits per heavy atom. The Labute approximate surface area is 817 Å². The van der Waals surface area contributed by atoms with Crippen molar-refractivity contribution in [1.29, 1.82) is 0 Å². The number of nitrogens with two attached hydrogens (primary N) is 1. The first-order valence-corrected chi connectivity index (χ1v) is 51.1. The maximum absolute atomic E-state index is 15.3. The van der Waals surface area contributed by atoms with Crippen LogP contribution in [0.25, 0.3) is 32.7 Å². The molecule has 44 heteroatoms. The Balaban J connectivity index is 0.000000179. The van der Waals surface area contributed by atoms with E-state index >= 15 is 8.78 Å². The lowest BCUT2D eigenvalue weighted by atomic mass is 9.88. The summed E-state index contributed by atoms with van der Waals surface area (Å²) < 4.78 is 302. The van der Waals surface area contributed by atoms with Crippen molar-refractivity contribution in [3.63, 3.8) is 0 Å². The monoisotopic (exact) mass is 2110 g/mol. The van der Waals surface area contributed by atoms with Crippen LogP contribution in [0.1, 0.15) is 116 Å². The summed E-state index contributed by atoms with van der Waals surface area (Å²) in [6, 6.07) is 30.0. The quantitative estimate of drug-likeness (QED) is 0.0432. The summed E-state index contributed by atoms with van der Waals surface area (Å²) in [7, 11) is -6.59. The summed E-state index contributed by atoms with van der Waals surface area (Å²) in [6.07, 6.45) is -12.0. The van der Waals surface area contributed by atoms with Gasteiger partial charge in [-0.2, -0.15) is 39.5 Å². The molecule has 6 fully saturated rings. The molecule has 0 radical (unpaired) electrons. The number of halogens is 13. The van der Waals surface area contributed by atoms with Gasteiger partial charge < -0.3 is 87.5 Å². The predicted octanol–water partition coefficient (Wildman–Crippen LogP) is 18.3. The molecule has 2 amide bonds. The normalized spacial score (nSPS) is 19.5. The van der Waals surface area contributed by atoms with Crippen LogP contribution in [0.5, 0.6) is 17.2 Å². The largest absolute Gasteiger partial charge is 0.495 e. The van der Waals surface area contributed by atoms with Crippen molar-refractivity contribution in [2.75, 3.05) is 125 Å². The lowest BCUT2D eigenvalue weighted by molar-refractivity contribution is -0.190. The molecule has 28 nitrogen and oxygen atoms in total. The number of alkyl halides is 12. The summed E-state index contributed by atoms with van der Waals surface area (Å²) in [5, 5.41) is 10.9. The van der Waals surface area contributed by atoms with Gasteiger partial charge in [0.05, 0.1) is 158 Å². The fourth-order valence-electron chi connectivity index (χ4n) is 16.8. The number of hydrogen-bond donors (Lipinski definition) is 4. The van der Waals surface area contributed by atoms with Crippen molar-refractivity contribution in [1.82, 2.24) is 13.7 Å². The molecule has 3 aliphatic carbocycles. The van der Waals surface area contributed by atoms with E-state index in [9.17, 15) is 78.7 Å². The van der Waals surface area contributed by atoms with E-state index < -0.39 is 139 Å². The Hall–Kier alpha value is -10.8. The summed E-state index contributed by atoms with van der Waals surface area (Å²) >= 11 is 3.36. The molecule has 15 rings (SSSR count). The number of rotatable bonds is 19. The van der Waals surface area contributed by atoms with Gasteiger partial charge in [0.1, 0.15) is 66.6 Å². The zero-order valence-corrected chi connectivity index (χ0v) is 83.2. The molecule has 6 aromatic carbocycles. The summed E-state index contributed by atoms with van der Waals surface area (Å²) in [5.74, 6) is 14.7. The molecule has 2 unspecified atom stereocenters. The highest BCUT2D eigenvalue weighted by molar-refractivity contribution is 9.10. The van der Waals surface area contributed by atoms with Crippen molar-refractivity contribution < 1.29 is 140 Å². The van der Waals surface area contributed by atoms with Crippen molar-refractivity contribution in [3.05, 3.63) is 149 Å². The average Bonchev–Trinajstić information content (AvgIpc) is 1.63. The molecule has 5 N–H and O–H groups in total. The molecule has 6 heterocycles. The number of fused-ring (bicyclic) bond motifs is 3. The van der Waals surface area contributed by atoms with E-state index in [1.165, 1.54) is 94.1 Å². The maximum Gasteiger partial charge on any atom is 0.415 e. The molecule has 3 saturated heterocycles. The van der Waals surface area contributed by atoms with Gasteiger partial charge in [-0.15, -0.1) is 0 Å². The zero-order chi connectivity index (χ0) is 103. The first kappa shape index (κ1) is 109. The van der Waals surface area contributed by atoms with Gasteiger partial charge in [-0.1, -0.05) is 51.9 Å². The van der Waals surface area contributed by atoms with E-state index in [0.717, 1.165) is 48.7 Å². The molecule has 9 aromatic rings. The number of carbonyl (C=O) groups excluding carboxylic acids is 2. The molecule has 3 spiro atoms. The van der Waals surface area contributed by atoms with E-state index in [2.05, 4.69) is 67.4 Å². The number of hydrogen-bond acceptors (Lipinski definition) is 23. The number of anilines is 5. The number of nitrogens with one attached hydrogen (secondary N) is 3. The molecule has 3 aromatic heterocycles. The number of nitrogens with zero attached hydrogens (tertiary/aromatic N) is 5. The first-order chi connectivity index (χ1) is 66.0. The Bertz CT molecular complexity index is 6590. The van der Waals surface area contributed by atoms with Gasteiger partial charge in [-0.3, -0.25) is 9.80 Å². The molecule has 6 atom stereocenters. The molecule has 0 bridgehead atoms. The van der Waals surface area contributed by atoms with Crippen molar-refractivity contribution in [2.45, 2.75) is 217 Å². The predicted molar refractivity (Wildman–Crippen MR) is 509 cm³/mol. The summed E-state index contributed by atoms with van der Waals surface area (Å²) in [4.78, 5) is 28.7. The minimum absolute atomic E-state index is 0.0113. The number of ether oxygens (including phenoxy) is 11. The van der Waals surface area contributed by atoms with Gasteiger partial charge in [0, 0.05) is 114 Å². The standard InChI is InChI=1S/C34H39F4N3O7S.C29H31F4N3O5S.C26H26BrF3N2O5S.C8H14FNO2/c1-32(2,3)48-31(42)40(29-12-11-23(49(5,43)44)19-30(29)45-4)15-7-8-22-18-24-26(9-6-10-28(24)41(22)21-34(36,37)38)39-27-13-14-33(20-25(27)35)46-16-17-47-33;1-39-27-16-20(42(2,37)38)8-9-25(27)34-12-4-5-19-15-21-23(6-3-7-26(21)36(19)18-29(31,32)33)35-24-10-11-28(17-22(24)30)40-13-14-41-28;1-25(2,3)37-24(33)31(22-12-11-18(38(5,34)35)15-23(22)36-4)13-7-8-17-14-19-20(27)9-6-10-21(19)32(17)16-26(28,29)30;9-6-5-8(2-1-7(6)10)11-3-4-12-8/h6,9-12,18-19,25,27,39H,13-17,20-21H2,1-5H3;3,6-9,15-16,22,24,34-35H,10-14,17-18H2,1-2H3;6,9-12,14-15H,13,16H2,1-5H3;6-7H,1-5,10H2/t25-,27+;22-,24+;;/m00../s1. The number of carbonyl (C=O) groups is 2. The lowest BCUT2D eigenvalue weighted by Crippen LogP contribution is -2.47. The highest BCUT2D eigenvalue weighted by Gasteiger charge is 2.49. The topological polar surface area (TPSA) is 321 Å². The Morgan fingerprint density at radius 2 is 0.787 bits per heavy atom. The molecular formula is C97H110BrF12N9O19S3. The number of sulfone groups is 3. The summed E-state index contributed by atoms with van der Waals surface area (Å²) in [5.41, 5.74) is 6.69. The SMILES string of the molecule is COc1cc(S(C)(=O)=O)ccc1N(CC#Cc1cc2c(Br)cccc2n1CC(F)(F)F)C(=O)OC(C)(C)C.COc1cc(S(C)(=O)=O)ccc1N(CC#Cc1cc2c(N[C@@H]3CCC4(C[C@@H]3F)OCCO4)cccc2n1CC(F)(F)F)C(=O)OC(C)(C)C.COc1cc(S(C)(=O)=O)ccc1NCC#Cc1cc2c(N[C@@H]3CCC4(C[C@@H]3F)OCCO4)cccc2n1CC(F)(F)F.NC1CCC2(CC1F)OCCO2. The second-order valence-corrected chi connectivity index (χ2v) is 43.2. The van der Waals surface area contributed by atoms with Crippen LogP contribution in [-0.4, -0.2) is 234 Å². The highest BCUT2D eigenvalue weighted by atomic mass is 79.9. The molecule has 766 valence electrons. The Kier molecular flexibility index (Phi) is 34.1. The van der Waals surface area contributed by atoms with E-state index in [1.807, 2.05) is 0 Å². The van der Waals surface area contributed by atoms with Gasteiger partial charge in [-0.25, -0.2) is 48.0 Å². The average molecular weight is 2110 g/mol. The Morgan fingerprint density at radius 1 is 0.454 bits per heavy atom. The second-order valence-electron chi connectivity index (χ2n) is 36.3. The smallest absolute Gasteiger partial charge is 0.415 e. The molecular weight excluding hydrogens is 2000 g/mol. The zero-order valence-electron chi connectivity index (χ0n) is 79.1. The van der Waals surface area contributed by atoms with Crippen LogP contribution >= 0.6 is 15.9 Å². The van der Waals surface area contributed by atoms with Gasteiger partial charge in [0.25, 0.3) is 0 Å². The minimum Gasteiger partial charge on any atom is -0.495 e. The molecule has 6 aliphatic rings. The van der Waals surface area contributed by atoms with E-state index in [4.69, 9.17) is 57.8 Å². The third kappa shape index (κ3) is 28.6. The first-order valence-electron chi connectivity index (χ1n) is 44.6. The second kappa shape index (κ2) is 44.2. The lowest BCUT2D eigenvalue weighted by Gasteiger charge is -2.38. The molecule has 3 saturated carbocycles.